The maximum absolute atomic E-state index is 6.04. The SMILES string of the molecule is NC1CCc2c1ccc1ccccc21. The van der Waals surface area contributed by atoms with E-state index < -0.39 is 0 Å². The van der Waals surface area contributed by atoms with Crippen LogP contribution >= 0.6 is 0 Å². The molecule has 1 aliphatic rings. The zero-order valence-corrected chi connectivity index (χ0v) is 8.03. The van der Waals surface area contributed by atoms with Gasteiger partial charge in [-0.2, -0.15) is 0 Å². The highest BCUT2D eigenvalue weighted by Gasteiger charge is 2.20. The van der Waals surface area contributed by atoms with E-state index in [-0.39, 0.29) is 6.04 Å². The van der Waals surface area contributed by atoms with Crippen molar-refractivity contribution in [2.45, 2.75) is 18.9 Å². The van der Waals surface area contributed by atoms with Gasteiger partial charge in [-0.3, -0.25) is 0 Å². The molecule has 0 saturated carbocycles. The Balaban J connectivity index is 2.38. The number of aryl methyl sites for hydroxylation is 1. The molecule has 1 nitrogen and oxygen atoms in total. The van der Waals surface area contributed by atoms with Gasteiger partial charge in [0.25, 0.3) is 0 Å². The highest BCUT2D eigenvalue weighted by atomic mass is 14.6. The van der Waals surface area contributed by atoms with Crippen LogP contribution < -0.4 is 5.73 Å². The van der Waals surface area contributed by atoms with Gasteiger partial charge in [-0.05, 0) is 34.7 Å². The molecule has 0 heterocycles. The monoisotopic (exact) mass is 183 g/mol. The summed E-state index contributed by atoms with van der Waals surface area (Å²) in [4.78, 5) is 0. The van der Waals surface area contributed by atoms with Crippen molar-refractivity contribution in [2.24, 2.45) is 5.73 Å². The van der Waals surface area contributed by atoms with Gasteiger partial charge in [-0.15, -0.1) is 0 Å². The molecule has 0 aliphatic heterocycles. The maximum atomic E-state index is 6.04. The third kappa shape index (κ3) is 0.992. The fraction of sp³-hybridized carbons (Fsp3) is 0.231. The minimum absolute atomic E-state index is 0.259. The molecule has 1 unspecified atom stereocenters. The number of hydrogen-bond donors (Lipinski definition) is 1. The normalized spacial score (nSPS) is 19.9. The predicted octanol–water partition coefficient (Wildman–Crippen LogP) is 2.79. The van der Waals surface area contributed by atoms with Gasteiger partial charge in [0, 0.05) is 6.04 Å². The molecule has 0 saturated heterocycles. The quantitative estimate of drug-likeness (QED) is 0.667. The molecule has 1 atom stereocenters. The lowest BCUT2D eigenvalue weighted by molar-refractivity contribution is 0.713. The van der Waals surface area contributed by atoms with Crippen molar-refractivity contribution in [1.29, 1.82) is 0 Å². The minimum Gasteiger partial charge on any atom is -0.324 e. The van der Waals surface area contributed by atoms with E-state index in [4.69, 9.17) is 5.73 Å². The average molecular weight is 183 g/mol. The van der Waals surface area contributed by atoms with Crippen molar-refractivity contribution in [3.8, 4) is 0 Å². The third-order valence-electron chi connectivity index (χ3n) is 3.18. The van der Waals surface area contributed by atoms with Crippen molar-refractivity contribution in [1.82, 2.24) is 0 Å². The summed E-state index contributed by atoms with van der Waals surface area (Å²) in [6.07, 6.45) is 2.24. The molecular weight excluding hydrogens is 170 g/mol. The van der Waals surface area contributed by atoms with Crippen LogP contribution in [-0.2, 0) is 6.42 Å². The summed E-state index contributed by atoms with van der Waals surface area (Å²) in [5, 5.41) is 2.72. The Kier molecular flexibility index (Phi) is 1.62. The smallest absolute Gasteiger partial charge is 0.0300 e. The van der Waals surface area contributed by atoms with Gasteiger partial charge in [-0.1, -0.05) is 36.4 Å². The van der Waals surface area contributed by atoms with E-state index in [0.717, 1.165) is 12.8 Å². The van der Waals surface area contributed by atoms with E-state index in [1.165, 1.54) is 21.9 Å². The largest absolute Gasteiger partial charge is 0.324 e. The second-order valence-corrected chi connectivity index (χ2v) is 4.00. The van der Waals surface area contributed by atoms with E-state index >= 15 is 0 Å². The van der Waals surface area contributed by atoms with Gasteiger partial charge >= 0.3 is 0 Å². The Bertz CT molecular complexity index is 488. The van der Waals surface area contributed by atoms with Gasteiger partial charge in [0.1, 0.15) is 0 Å². The topological polar surface area (TPSA) is 26.0 Å². The minimum atomic E-state index is 0.259. The Hall–Kier alpha value is -1.34. The number of hydrogen-bond acceptors (Lipinski definition) is 1. The summed E-state index contributed by atoms with van der Waals surface area (Å²) in [7, 11) is 0. The molecule has 0 radical (unpaired) electrons. The van der Waals surface area contributed by atoms with Gasteiger partial charge < -0.3 is 5.73 Å². The molecule has 2 aromatic rings. The molecule has 70 valence electrons. The molecule has 0 fully saturated rings. The van der Waals surface area contributed by atoms with Crippen LogP contribution in [-0.4, -0.2) is 0 Å². The highest BCUT2D eigenvalue weighted by molar-refractivity contribution is 5.87. The molecule has 0 bridgehead atoms. The number of fused-ring (bicyclic) bond motifs is 3. The molecule has 2 aromatic carbocycles. The van der Waals surface area contributed by atoms with Crippen LogP contribution in [0.15, 0.2) is 36.4 Å². The van der Waals surface area contributed by atoms with E-state index in [1.807, 2.05) is 0 Å². The van der Waals surface area contributed by atoms with Crippen LogP contribution in [0.25, 0.3) is 10.8 Å². The summed E-state index contributed by atoms with van der Waals surface area (Å²) >= 11 is 0. The van der Waals surface area contributed by atoms with Crippen LogP contribution in [0.3, 0.4) is 0 Å². The van der Waals surface area contributed by atoms with Gasteiger partial charge in [0.05, 0.1) is 0 Å². The Morgan fingerprint density at radius 3 is 2.86 bits per heavy atom. The van der Waals surface area contributed by atoms with Crippen LogP contribution in [0.4, 0.5) is 0 Å². The van der Waals surface area contributed by atoms with E-state index in [2.05, 4.69) is 36.4 Å². The first-order chi connectivity index (χ1) is 6.86. The van der Waals surface area contributed by atoms with Crippen molar-refractivity contribution in [2.75, 3.05) is 0 Å². The second kappa shape index (κ2) is 2.82. The second-order valence-electron chi connectivity index (χ2n) is 4.00. The molecular formula is C13H13N. The van der Waals surface area contributed by atoms with Crippen LogP contribution in [0.1, 0.15) is 23.6 Å². The van der Waals surface area contributed by atoms with Gasteiger partial charge in [-0.25, -0.2) is 0 Å². The molecule has 0 amide bonds. The van der Waals surface area contributed by atoms with Crippen LogP contribution in [0, 0.1) is 0 Å². The lowest BCUT2D eigenvalue weighted by Crippen LogP contribution is -2.04. The lowest BCUT2D eigenvalue weighted by Gasteiger charge is -2.07. The molecule has 0 aromatic heterocycles. The van der Waals surface area contributed by atoms with Crippen molar-refractivity contribution in [3.63, 3.8) is 0 Å². The summed E-state index contributed by atoms with van der Waals surface area (Å²) < 4.78 is 0. The zero-order chi connectivity index (χ0) is 9.54. The summed E-state index contributed by atoms with van der Waals surface area (Å²) in [5.74, 6) is 0. The molecule has 1 heteroatoms. The number of benzene rings is 2. The van der Waals surface area contributed by atoms with Gasteiger partial charge in [0.2, 0.25) is 0 Å². The van der Waals surface area contributed by atoms with Crippen LogP contribution in [0.5, 0.6) is 0 Å². The Morgan fingerprint density at radius 2 is 1.93 bits per heavy atom. The third-order valence-corrected chi connectivity index (χ3v) is 3.18. The summed E-state index contributed by atoms with van der Waals surface area (Å²) in [5.41, 5.74) is 8.86. The predicted molar refractivity (Wildman–Crippen MR) is 59.2 cm³/mol. The first-order valence-electron chi connectivity index (χ1n) is 5.12. The highest BCUT2D eigenvalue weighted by Crippen LogP contribution is 2.34. The molecule has 2 N–H and O–H groups in total. The van der Waals surface area contributed by atoms with E-state index in [9.17, 15) is 0 Å². The van der Waals surface area contributed by atoms with E-state index in [1.54, 1.807) is 0 Å². The number of rotatable bonds is 0. The Labute approximate surface area is 83.5 Å². The molecule has 0 spiro atoms. The molecule has 3 rings (SSSR count). The molecule has 1 aliphatic carbocycles. The Morgan fingerprint density at radius 1 is 1.07 bits per heavy atom. The van der Waals surface area contributed by atoms with Crippen molar-refractivity contribution < 1.29 is 0 Å². The fourth-order valence-electron chi connectivity index (χ4n) is 2.43. The van der Waals surface area contributed by atoms with Crippen molar-refractivity contribution >= 4 is 10.8 Å². The standard InChI is InChI=1S/C13H13N/c14-13-8-7-11-10-4-2-1-3-9(10)5-6-12(11)13/h1-6,13H,7-8,14H2. The number of nitrogens with two attached hydrogens (primary N) is 1. The molecule has 14 heavy (non-hydrogen) atoms. The van der Waals surface area contributed by atoms with Crippen molar-refractivity contribution in [3.05, 3.63) is 47.5 Å². The zero-order valence-electron chi connectivity index (χ0n) is 8.03. The summed E-state index contributed by atoms with van der Waals surface area (Å²) in [6, 6.07) is 13.2. The fourth-order valence-corrected chi connectivity index (χ4v) is 2.43. The van der Waals surface area contributed by atoms with E-state index in [0.29, 0.717) is 0 Å². The average Bonchev–Trinajstić information content (AvgIpc) is 2.61. The van der Waals surface area contributed by atoms with Gasteiger partial charge in [0.15, 0.2) is 0 Å². The first-order valence-corrected chi connectivity index (χ1v) is 5.12. The summed E-state index contributed by atoms with van der Waals surface area (Å²) in [6.45, 7) is 0. The lowest BCUT2D eigenvalue weighted by atomic mass is 10.0. The van der Waals surface area contributed by atoms with Crippen LogP contribution in [0.2, 0.25) is 0 Å². The first kappa shape index (κ1) is 8.01. The maximum Gasteiger partial charge on any atom is 0.0300 e.